The van der Waals surface area contributed by atoms with Crippen LogP contribution in [0, 0.1) is 0 Å². The zero-order valence-electron chi connectivity index (χ0n) is 12.5. The number of nitrogens with one attached hydrogen (secondary N) is 1. The number of rotatable bonds is 5. The molecule has 0 amide bonds. The summed E-state index contributed by atoms with van der Waals surface area (Å²) in [7, 11) is 4.04. The van der Waals surface area contributed by atoms with Crippen molar-refractivity contribution in [1.82, 2.24) is 20.0 Å². The first-order chi connectivity index (χ1) is 9.13. The molecule has 0 spiro atoms. The number of hydrogen-bond acceptors (Lipinski definition) is 4. The minimum atomic E-state index is 0.0757. The van der Waals surface area contributed by atoms with Crippen LogP contribution in [0.3, 0.4) is 0 Å². The predicted molar refractivity (Wildman–Crippen MR) is 76.1 cm³/mol. The minimum absolute atomic E-state index is 0.0757. The molecule has 2 unspecified atom stereocenters. The second-order valence-corrected chi connectivity index (χ2v) is 5.41. The zero-order chi connectivity index (χ0) is 13.9. The Bertz CT molecular complexity index is 400. The third-order valence-corrected chi connectivity index (χ3v) is 4.51. The van der Waals surface area contributed by atoms with E-state index in [2.05, 4.69) is 35.2 Å². The van der Waals surface area contributed by atoms with E-state index in [1.807, 2.05) is 25.0 Å². The lowest BCUT2D eigenvalue weighted by molar-refractivity contribution is -0.0329. The lowest BCUT2D eigenvalue weighted by Gasteiger charge is -2.47. The van der Waals surface area contributed by atoms with Gasteiger partial charge in [-0.05, 0) is 26.5 Å². The average molecular weight is 266 g/mol. The average Bonchev–Trinajstić information content (AvgIpc) is 2.86. The molecule has 1 aromatic rings. The van der Waals surface area contributed by atoms with Gasteiger partial charge in [-0.2, -0.15) is 5.10 Å². The molecule has 0 aromatic carbocycles. The maximum absolute atomic E-state index is 5.49. The van der Waals surface area contributed by atoms with Crippen molar-refractivity contribution >= 4 is 0 Å². The van der Waals surface area contributed by atoms with Gasteiger partial charge in [0.2, 0.25) is 0 Å². The smallest absolute Gasteiger partial charge is 0.0673 e. The third kappa shape index (κ3) is 2.68. The molecule has 2 rings (SSSR count). The van der Waals surface area contributed by atoms with Crippen LogP contribution in [0.2, 0.25) is 0 Å². The Morgan fingerprint density at radius 1 is 1.47 bits per heavy atom. The summed E-state index contributed by atoms with van der Waals surface area (Å²) in [5, 5.41) is 7.80. The lowest BCUT2D eigenvalue weighted by Crippen LogP contribution is -2.57. The maximum atomic E-state index is 5.49. The topological polar surface area (TPSA) is 42.3 Å². The second-order valence-electron chi connectivity index (χ2n) is 5.41. The van der Waals surface area contributed by atoms with Gasteiger partial charge in [-0.25, -0.2) is 0 Å². The summed E-state index contributed by atoms with van der Waals surface area (Å²) < 4.78 is 7.46. The van der Waals surface area contributed by atoms with Gasteiger partial charge in [0.05, 0.1) is 24.9 Å². The van der Waals surface area contributed by atoms with Gasteiger partial charge in [-0.1, -0.05) is 6.92 Å². The molecule has 5 heteroatoms. The SMILES string of the molecule is CCC(C)(C(NC)c1ccnn1C)N1CCOCC1. The molecule has 1 aliphatic heterocycles. The van der Waals surface area contributed by atoms with Crippen LogP contribution < -0.4 is 5.32 Å². The number of ether oxygens (including phenoxy) is 1. The molecule has 2 atom stereocenters. The number of likely N-dealkylation sites (N-methyl/N-ethyl adjacent to an activating group) is 1. The van der Waals surface area contributed by atoms with Crippen molar-refractivity contribution in [2.24, 2.45) is 7.05 Å². The van der Waals surface area contributed by atoms with Crippen LogP contribution in [-0.2, 0) is 11.8 Å². The molecule has 2 heterocycles. The van der Waals surface area contributed by atoms with Crippen LogP contribution in [0.4, 0.5) is 0 Å². The number of nitrogens with zero attached hydrogens (tertiary/aromatic N) is 3. The molecule has 108 valence electrons. The lowest BCUT2D eigenvalue weighted by atomic mass is 9.84. The molecule has 1 aliphatic rings. The Morgan fingerprint density at radius 3 is 2.63 bits per heavy atom. The highest BCUT2D eigenvalue weighted by molar-refractivity contribution is 5.14. The highest BCUT2D eigenvalue weighted by atomic mass is 16.5. The molecule has 0 bridgehead atoms. The molecule has 19 heavy (non-hydrogen) atoms. The van der Waals surface area contributed by atoms with Gasteiger partial charge >= 0.3 is 0 Å². The molecule has 1 saturated heterocycles. The Hall–Kier alpha value is -0.910. The van der Waals surface area contributed by atoms with Gasteiger partial charge in [0.25, 0.3) is 0 Å². The summed E-state index contributed by atoms with van der Waals surface area (Å²) in [6, 6.07) is 2.37. The zero-order valence-corrected chi connectivity index (χ0v) is 12.5. The minimum Gasteiger partial charge on any atom is -0.379 e. The Morgan fingerprint density at radius 2 is 2.16 bits per heavy atom. The normalized spacial score (nSPS) is 22.1. The molecular formula is C14H26N4O. The summed E-state index contributed by atoms with van der Waals surface area (Å²) in [5.41, 5.74) is 1.31. The van der Waals surface area contributed by atoms with Gasteiger partial charge in [0.1, 0.15) is 0 Å². The van der Waals surface area contributed by atoms with Crippen molar-refractivity contribution in [1.29, 1.82) is 0 Å². The fraction of sp³-hybridized carbons (Fsp3) is 0.786. The highest BCUT2D eigenvalue weighted by Gasteiger charge is 2.40. The van der Waals surface area contributed by atoms with E-state index in [0.29, 0.717) is 0 Å². The molecule has 1 aromatic heterocycles. The van der Waals surface area contributed by atoms with Gasteiger partial charge in [0, 0.05) is 31.9 Å². The molecule has 5 nitrogen and oxygen atoms in total. The van der Waals surface area contributed by atoms with E-state index in [9.17, 15) is 0 Å². The molecule has 0 aliphatic carbocycles. The monoisotopic (exact) mass is 266 g/mol. The van der Waals surface area contributed by atoms with Crippen LogP contribution in [0.5, 0.6) is 0 Å². The number of aryl methyl sites for hydroxylation is 1. The number of aromatic nitrogens is 2. The van der Waals surface area contributed by atoms with E-state index in [0.717, 1.165) is 32.7 Å². The fourth-order valence-corrected chi connectivity index (χ4v) is 3.13. The number of hydrogen-bond donors (Lipinski definition) is 1. The van der Waals surface area contributed by atoms with Crippen LogP contribution >= 0.6 is 0 Å². The standard InChI is InChI=1S/C14H26N4O/c1-5-14(2,18-8-10-19-11-9-18)13(15-3)12-6-7-16-17(12)4/h6-7,13,15H,5,8-11H2,1-4H3. The fourth-order valence-electron chi connectivity index (χ4n) is 3.13. The predicted octanol–water partition coefficient (Wildman–Crippen LogP) is 1.18. The van der Waals surface area contributed by atoms with Crippen molar-refractivity contribution < 1.29 is 4.74 Å². The van der Waals surface area contributed by atoms with Crippen LogP contribution in [0.15, 0.2) is 12.3 Å². The van der Waals surface area contributed by atoms with E-state index in [1.54, 1.807) is 0 Å². The molecular weight excluding hydrogens is 240 g/mol. The Balaban J connectivity index is 2.29. The van der Waals surface area contributed by atoms with E-state index >= 15 is 0 Å². The van der Waals surface area contributed by atoms with E-state index in [1.165, 1.54) is 5.69 Å². The van der Waals surface area contributed by atoms with E-state index in [-0.39, 0.29) is 11.6 Å². The Labute approximate surface area is 115 Å². The van der Waals surface area contributed by atoms with E-state index < -0.39 is 0 Å². The molecule has 0 radical (unpaired) electrons. The molecule has 1 N–H and O–H groups in total. The summed E-state index contributed by atoms with van der Waals surface area (Å²) in [4.78, 5) is 2.55. The first-order valence-corrected chi connectivity index (χ1v) is 7.11. The largest absolute Gasteiger partial charge is 0.379 e. The second kappa shape index (κ2) is 6.03. The van der Waals surface area contributed by atoms with Gasteiger partial charge in [-0.15, -0.1) is 0 Å². The third-order valence-electron chi connectivity index (χ3n) is 4.51. The summed E-state index contributed by atoms with van der Waals surface area (Å²) in [5.74, 6) is 0. The van der Waals surface area contributed by atoms with Crippen molar-refractivity contribution in [3.8, 4) is 0 Å². The highest BCUT2D eigenvalue weighted by Crippen LogP contribution is 2.34. The maximum Gasteiger partial charge on any atom is 0.0673 e. The van der Waals surface area contributed by atoms with Crippen molar-refractivity contribution in [2.75, 3.05) is 33.4 Å². The van der Waals surface area contributed by atoms with Gasteiger partial charge in [-0.3, -0.25) is 9.58 Å². The van der Waals surface area contributed by atoms with Crippen LogP contribution in [0.1, 0.15) is 32.0 Å². The van der Waals surface area contributed by atoms with E-state index in [4.69, 9.17) is 4.74 Å². The molecule has 1 fully saturated rings. The summed E-state index contributed by atoms with van der Waals surface area (Å²) >= 11 is 0. The molecule has 0 saturated carbocycles. The van der Waals surface area contributed by atoms with Gasteiger partial charge < -0.3 is 10.1 Å². The van der Waals surface area contributed by atoms with Crippen LogP contribution in [-0.4, -0.2) is 53.6 Å². The Kier molecular flexibility index (Phi) is 4.60. The van der Waals surface area contributed by atoms with Crippen molar-refractivity contribution in [3.63, 3.8) is 0 Å². The van der Waals surface area contributed by atoms with Crippen LogP contribution in [0.25, 0.3) is 0 Å². The first kappa shape index (κ1) is 14.5. The van der Waals surface area contributed by atoms with Crippen molar-refractivity contribution in [3.05, 3.63) is 18.0 Å². The first-order valence-electron chi connectivity index (χ1n) is 7.11. The summed E-state index contributed by atoms with van der Waals surface area (Å²) in [6.07, 6.45) is 2.96. The summed E-state index contributed by atoms with van der Waals surface area (Å²) in [6.45, 7) is 8.26. The van der Waals surface area contributed by atoms with Gasteiger partial charge in [0.15, 0.2) is 0 Å². The number of morpholine rings is 1. The quantitative estimate of drug-likeness (QED) is 0.869. The van der Waals surface area contributed by atoms with Crippen molar-refractivity contribution in [2.45, 2.75) is 31.8 Å².